The van der Waals surface area contributed by atoms with E-state index in [1.807, 2.05) is 6.92 Å². The topological polar surface area (TPSA) is 43.4 Å². The van der Waals surface area contributed by atoms with Crippen molar-refractivity contribution in [1.82, 2.24) is 0 Å². The summed E-state index contributed by atoms with van der Waals surface area (Å²) in [7, 11) is 0. The molecule has 92 valence electrons. The smallest absolute Gasteiger partial charge is 0.302 e. The number of ether oxygens (including phenoxy) is 1. The Balaban J connectivity index is 2.52. The van der Waals surface area contributed by atoms with Crippen molar-refractivity contribution in [2.75, 3.05) is 6.61 Å². The van der Waals surface area contributed by atoms with Crippen molar-refractivity contribution in [3.8, 4) is 0 Å². The molecule has 16 heavy (non-hydrogen) atoms. The van der Waals surface area contributed by atoms with Crippen molar-refractivity contribution in [1.29, 1.82) is 0 Å². The molecule has 0 aromatic carbocycles. The van der Waals surface area contributed by atoms with Crippen molar-refractivity contribution in [3.63, 3.8) is 0 Å². The fraction of sp³-hybridized carbons (Fsp3) is 0.846. The number of esters is 1. The summed E-state index contributed by atoms with van der Waals surface area (Å²) < 4.78 is 4.92. The lowest BCUT2D eigenvalue weighted by molar-refractivity contribution is -0.143. The number of rotatable bonds is 4. The Hall–Kier alpha value is -0.860. The lowest BCUT2D eigenvalue weighted by Gasteiger charge is -2.23. The van der Waals surface area contributed by atoms with E-state index in [9.17, 15) is 9.59 Å². The maximum Gasteiger partial charge on any atom is 0.302 e. The molecule has 1 aliphatic rings. The summed E-state index contributed by atoms with van der Waals surface area (Å²) in [4.78, 5) is 22.9. The molecule has 1 aliphatic carbocycles. The van der Waals surface area contributed by atoms with Crippen LogP contribution in [0.15, 0.2) is 0 Å². The Morgan fingerprint density at radius 2 is 2.19 bits per heavy atom. The molecule has 0 amide bonds. The first-order valence-corrected chi connectivity index (χ1v) is 6.04. The average molecular weight is 226 g/mol. The van der Waals surface area contributed by atoms with Crippen LogP contribution in [-0.4, -0.2) is 18.4 Å². The van der Waals surface area contributed by atoms with Crippen LogP contribution in [0.25, 0.3) is 0 Å². The van der Waals surface area contributed by atoms with Crippen LogP contribution in [0.2, 0.25) is 0 Å². The van der Waals surface area contributed by atoms with E-state index in [1.165, 1.54) is 6.92 Å². The Kier molecular flexibility index (Phi) is 4.11. The third-order valence-electron chi connectivity index (χ3n) is 3.70. The highest BCUT2D eigenvalue weighted by molar-refractivity contribution is 5.88. The Morgan fingerprint density at radius 3 is 2.62 bits per heavy atom. The predicted octanol–water partition coefficient (Wildman–Crippen LogP) is 2.58. The van der Waals surface area contributed by atoms with Crippen molar-refractivity contribution in [3.05, 3.63) is 0 Å². The van der Waals surface area contributed by atoms with E-state index in [2.05, 4.69) is 13.8 Å². The van der Waals surface area contributed by atoms with Gasteiger partial charge in [-0.1, -0.05) is 20.8 Å². The van der Waals surface area contributed by atoms with E-state index in [1.54, 1.807) is 0 Å². The summed E-state index contributed by atoms with van der Waals surface area (Å²) in [5.41, 5.74) is -0.273. The zero-order valence-electron chi connectivity index (χ0n) is 10.7. The van der Waals surface area contributed by atoms with Crippen LogP contribution in [0, 0.1) is 17.3 Å². The lowest BCUT2D eigenvalue weighted by atomic mass is 9.81. The van der Waals surface area contributed by atoms with Crippen LogP contribution in [0.5, 0.6) is 0 Å². The number of Topliss-reactive ketones (excluding diaryl/α,β-unsaturated/α-hetero) is 1. The first-order chi connectivity index (χ1) is 7.37. The fourth-order valence-electron chi connectivity index (χ4n) is 2.48. The van der Waals surface area contributed by atoms with Crippen LogP contribution in [0.4, 0.5) is 0 Å². The zero-order valence-corrected chi connectivity index (χ0v) is 10.7. The molecular formula is C13H22O3. The second-order valence-corrected chi connectivity index (χ2v) is 5.40. The van der Waals surface area contributed by atoms with E-state index in [0.29, 0.717) is 24.7 Å². The van der Waals surface area contributed by atoms with Crippen LogP contribution < -0.4 is 0 Å². The average Bonchev–Trinajstić information content (AvgIpc) is 2.43. The van der Waals surface area contributed by atoms with Gasteiger partial charge in [-0.2, -0.15) is 0 Å². The summed E-state index contributed by atoms with van der Waals surface area (Å²) in [6, 6.07) is 0. The second-order valence-electron chi connectivity index (χ2n) is 5.40. The molecule has 0 spiro atoms. The highest BCUT2D eigenvalue weighted by atomic mass is 16.5. The number of ketones is 1. The third kappa shape index (κ3) is 2.83. The molecule has 0 heterocycles. The van der Waals surface area contributed by atoms with E-state index >= 15 is 0 Å². The number of carbonyl (C=O) groups excluding carboxylic acids is 2. The molecule has 1 rings (SSSR count). The van der Waals surface area contributed by atoms with Crippen LogP contribution >= 0.6 is 0 Å². The molecule has 3 nitrogen and oxygen atoms in total. The van der Waals surface area contributed by atoms with Crippen LogP contribution in [0.1, 0.15) is 47.0 Å². The van der Waals surface area contributed by atoms with Gasteiger partial charge >= 0.3 is 5.97 Å². The van der Waals surface area contributed by atoms with Crippen molar-refractivity contribution >= 4 is 11.8 Å². The molecule has 0 radical (unpaired) electrons. The minimum atomic E-state index is -0.273. The van der Waals surface area contributed by atoms with Gasteiger partial charge in [0.05, 0.1) is 6.61 Å². The summed E-state index contributed by atoms with van der Waals surface area (Å²) in [6.07, 6.45) is 2.57. The minimum absolute atomic E-state index is 0.197. The molecule has 2 atom stereocenters. The maximum atomic E-state index is 12.2. The van der Waals surface area contributed by atoms with Gasteiger partial charge in [0.15, 0.2) is 0 Å². The Bertz CT molecular complexity index is 283. The molecular weight excluding hydrogens is 204 g/mol. The van der Waals surface area contributed by atoms with Gasteiger partial charge in [-0.15, -0.1) is 0 Å². The van der Waals surface area contributed by atoms with E-state index in [0.717, 1.165) is 12.8 Å². The van der Waals surface area contributed by atoms with E-state index < -0.39 is 0 Å². The molecule has 0 bridgehead atoms. The standard InChI is InChI=1S/C13H22O3/c1-9(2)11-5-6-13(4,12(11)15)7-8-16-10(3)14/h9,11H,5-8H2,1-4H3/t11?,13-/m1/s1. The highest BCUT2D eigenvalue weighted by Crippen LogP contribution is 2.43. The normalized spacial score (nSPS) is 29.8. The number of hydrogen-bond donors (Lipinski definition) is 0. The van der Waals surface area contributed by atoms with E-state index in [4.69, 9.17) is 4.74 Å². The van der Waals surface area contributed by atoms with Gasteiger partial charge in [0.1, 0.15) is 5.78 Å². The van der Waals surface area contributed by atoms with Crippen molar-refractivity contribution < 1.29 is 14.3 Å². The first-order valence-electron chi connectivity index (χ1n) is 6.04. The molecule has 0 aromatic heterocycles. The predicted molar refractivity (Wildman–Crippen MR) is 61.9 cm³/mol. The zero-order chi connectivity index (χ0) is 12.3. The van der Waals surface area contributed by atoms with E-state index in [-0.39, 0.29) is 17.3 Å². The van der Waals surface area contributed by atoms with Crippen molar-refractivity contribution in [2.45, 2.75) is 47.0 Å². The molecule has 3 heteroatoms. The van der Waals surface area contributed by atoms with Crippen molar-refractivity contribution in [2.24, 2.45) is 17.3 Å². The lowest BCUT2D eigenvalue weighted by Crippen LogP contribution is -2.29. The van der Waals surface area contributed by atoms with Gasteiger partial charge in [0, 0.05) is 18.3 Å². The molecule has 0 saturated heterocycles. The van der Waals surface area contributed by atoms with Gasteiger partial charge in [-0.3, -0.25) is 9.59 Å². The number of carbonyl (C=O) groups is 2. The SMILES string of the molecule is CC(=O)OCC[C@@]1(C)CCC(C(C)C)C1=O. The molecule has 0 N–H and O–H groups in total. The summed E-state index contributed by atoms with van der Waals surface area (Å²) in [5, 5.41) is 0. The summed E-state index contributed by atoms with van der Waals surface area (Å²) in [5.74, 6) is 0.703. The molecule has 1 saturated carbocycles. The van der Waals surface area contributed by atoms with Crippen LogP contribution in [-0.2, 0) is 14.3 Å². The Morgan fingerprint density at radius 1 is 1.56 bits per heavy atom. The summed E-state index contributed by atoms with van der Waals surface area (Å²) >= 11 is 0. The maximum absolute atomic E-state index is 12.2. The van der Waals surface area contributed by atoms with Gasteiger partial charge in [-0.05, 0) is 25.2 Å². The monoisotopic (exact) mass is 226 g/mol. The second kappa shape index (κ2) is 4.98. The van der Waals surface area contributed by atoms with Gasteiger partial charge in [0.25, 0.3) is 0 Å². The molecule has 0 aliphatic heterocycles. The third-order valence-corrected chi connectivity index (χ3v) is 3.70. The quantitative estimate of drug-likeness (QED) is 0.692. The number of hydrogen-bond acceptors (Lipinski definition) is 3. The van der Waals surface area contributed by atoms with Gasteiger partial charge < -0.3 is 4.74 Å². The summed E-state index contributed by atoms with van der Waals surface area (Å²) in [6.45, 7) is 7.96. The van der Waals surface area contributed by atoms with Gasteiger partial charge in [0.2, 0.25) is 0 Å². The highest BCUT2D eigenvalue weighted by Gasteiger charge is 2.44. The minimum Gasteiger partial charge on any atom is -0.466 e. The van der Waals surface area contributed by atoms with Gasteiger partial charge in [-0.25, -0.2) is 0 Å². The first kappa shape index (κ1) is 13.2. The molecule has 0 aromatic rings. The largest absolute Gasteiger partial charge is 0.466 e. The van der Waals surface area contributed by atoms with Crippen LogP contribution in [0.3, 0.4) is 0 Å². The molecule has 1 fully saturated rings. The molecule has 1 unspecified atom stereocenters. The fourth-order valence-corrected chi connectivity index (χ4v) is 2.48. The Labute approximate surface area is 97.5 Å².